The van der Waals surface area contributed by atoms with Gasteiger partial charge in [0.05, 0.1) is 12.0 Å². The Morgan fingerprint density at radius 1 is 1.32 bits per heavy atom. The van der Waals surface area contributed by atoms with Crippen LogP contribution in [0.1, 0.15) is 60.3 Å². The summed E-state index contributed by atoms with van der Waals surface area (Å²) in [4.78, 5) is 25.1. The lowest BCUT2D eigenvalue weighted by Gasteiger charge is -2.69. The quantitative estimate of drug-likeness (QED) is 0.438. The van der Waals surface area contributed by atoms with E-state index in [9.17, 15) is 14.9 Å². The summed E-state index contributed by atoms with van der Waals surface area (Å²) in [6, 6.07) is 2.28. The summed E-state index contributed by atoms with van der Waals surface area (Å²) in [7, 11) is 0. The fourth-order valence-corrected chi connectivity index (χ4v) is 9.36. The highest BCUT2D eigenvalue weighted by atomic mass is 79.9. The Kier molecular flexibility index (Phi) is 5.44. The highest BCUT2D eigenvalue weighted by Gasteiger charge is 2.70. The molecule has 8 heteroatoms. The SMILES string of the molecule is CC(=O)N[C@@H]1C[C@@]23OC4=C5CNC(=O)C5C(Br)(C#N)C=C4C[C@]2(C)[C@@H](C)CC[C@H]3C(C)(C)[C@H]1Br. The number of amides is 2. The summed E-state index contributed by atoms with van der Waals surface area (Å²) >= 11 is 7.58. The fraction of sp³-hybridized carbons (Fsp3) is 0.731. The molecule has 8 atom stereocenters. The number of nitriles is 1. The molecule has 1 spiro atoms. The molecule has 2 saturated heterocycles. The first kappa shape index (κ1) is 24.4. The second-order valence-corrected chi connectivity index (χ2v) is 14.2. The van der Waals surface area contributed by atoms with Crippen LogP contribution in [0.2, 0.25) is 0 Å². The predicted molar refractivity (Wildman–Crippen MR) is 136 cm³/mol. The molecule has 2 heterocycles. The van der Waals surface area contributed by atoms with Crippen molar-refractivity contribution in [2.45, 2.75) is 81.1 Å². The predicted octanol–water partition coefficient (Wildman–Crippen LogP) is 4.49. The zero-order chi connectivity index (χ0) is 24.8. The molecule has 0 radical (unpaired) electrons. The molecule has 5 rings (SSSR count). The zero-order valence-electron chi connectivity index (χ0n) is 20.4. The van der Waals surface area contributed by atoms with Crippen LogP contribution in [-0.4, -0.2) is 39.2 Å². The molecule has 0 aromatic carbocycles. The minimum Gasteiger partial charge on any atom is -0.486 e. The number of carbonyl (C=O) groups is 2. The molecule has 34 heavy (non-hydrogen) atoms. The van der Waals surface area contributed by atoms with Gasteiger partial charge < -0.3 is 15.4 Å². The van der Waals surface area contributed by atoms with Gasteiger partial charge in [-0.3, -0.25) is 9.59 Å². The molecule has 2 amide bonds. The van der Waals surface area contributed by atoms with Crippen LogP contribution in [0.3, 0.4) is 0 Å². The van der Waals surface area contributed by atoms with E-state index in [1.165, 1.54) is 0 Å². The second-order valence-electron chi connectivity index (χ2n) is 11.9. The third-order valence-electron chi connectivity index (χ3n) is 9.84. The third kappa shape index (κ3) is 3.01. The van der Waals surface area contributed by atoms with Gasteiger partial charge in [-0.25, -0.2) is 0 Å². The maximum Gasteiger partial charge on any atom is 0.230 e. The Balaban J connectivity index is 1.70. The number of fused-ring (bicyclic) bond motifs is 2. The number of carbonyl (C=O) groups excluding carboxylic acids is 2. The Bertz CT molecular complexity index is 1080. The van der Waals surface area contributed by atoms with Gasteiger partial charge in [-0.05, 0) is 42.2 Å². The second kappa shape index (κ2) is 7.59. The lowest BCUT2D eigenvalue weighted by molar-refractivity contribution is -0.241. The number of hydrogen-bond donors (Lipinski definition) is 2. The Labute approximate surface area is 218 Å². The number of hydrogen-bond acceptors (Lipinski definition) is 4. The molecule has 4 fully saturated rings. The molecule has 6 nitrogen and oxygen atoms in total. The van der Waals surface area contributed by atoms with Crippen molar-refractivity contribution in [2.24, 2.45) is 28.6 Å². The molecule has 184 valence electrons. The Morgan fingerprint density at radius 2 is 2.03 bits per heavy atom. The molecule has 2 unspecified atom stereocenters. The van der Waals surface area contributed by atoms with Crippen LogP contribution in [0.5, 0.6) is 0 Å². The van der Waals surface area contributed by atoms with Crippen LogP contribution in [0, 0.1) is 39.9 Å². The van der Waals surface area contributed by atoms with Crippen LogP contribution in [0.25, 0.3) is 0 Å². The standard InChI is InChI=1S/C26H33Br2N3O3/c1-13-6-7-18-23(3,4)21(27)17(31-14(2)32)10-26(18)24(13,5)8-15-9-25(28,12-29)19-16(20(15)34-26)11-30-22(19)33/h9,13,17-19,21H,6-8,10-11H2,1-5H3,(H,30,33)(H,31,32)/t13-,17+,18-,19?,21-,24+,25?,26-/m0/s1. The first-order valence-corrected chi connectivity index (χ1v) is 13.9. The van der Waals surface area contributed by atoms with Gasteiger partial charge in [0.25, 0.3) is 0 Å². The van der Waals surface area contributed by atoms with Crippen molar-refractivity contribution in [3.8, 4) is 6.07 Å². The molecule has 5 aliphatic rings. The number of ether oxygens (including phenoxy) is 1. The number of nitrogens with one attached hydrogen (secondary N) is 2. The van der Waals surface area contributed by atoms with E-state index in [0.29, 0.717) is 18.9 Å². The van der Waals surface area contributed by atoms with Gasteiger partial charge in [0.15, 0.2) is 0 Å². The number of halogens is 2. The highest BCUT2D eigenvalue weighted by molar-refractivity contribution is 9.10. The largest absolute Gasteiger partial charge is 0.486 e. The monoisotopic (exact) mass is 593 g/mol. The maximum atomic E-state index is 12.8. The van der Waals surface area contributed by atoms with Crippen LogP contribution >= 0.6 is 31.9 Å². The van der Waals surface area contributed by atoms with E-state index >= 15 is 0 Å². The first-order chi connectivity index (χ1) is 15.8. The Hall–Kier alpha value is -1.33. The normalized spacial score (nSPS) is 46.5. The van der Waals surface area contributed by atoms with E-state index in [0.717, 1.165) is 36.2 Å². The molecule has 2 saturated carbocycles. The van der Waals surface area contributed by atoms with Crippen molar-refractivity contribution >= 4 is 43.7 Å². The highest BCUT2D eigenvalue weighted by Crippen LogP contribution is 2.69. The summed E-state index contributed by atoms with van der Waals surface area (Å²) in [5.41, 5.74) is 1.11. The van der Waals surface area contributed by atoms with E-state index < -0.39 is 15.8 Å². The van der Waals surface area contributed by atoms with Crippen molar-refractivity contribution in [1.29, 1.82) is 5.26 Å². The zero-order valence-corrected chi connectivity index (χ0v) is 23.6. The number of allylic oxidation sites excluding steroid dienone is 2. The van der Waals surface area contributed by atoms with Crippen molar-refractivity contribution in [2.75, 3.05) is 6.54 Å². The molecule has 0 aromatic heterocycles. The fourth-order valence-electron chi connectivity index (χ4n) is 7.96. The first-order valence-electron chi connectivity index (χ1n) is 12.2. The van der Waals surface area contributed by atoms with Crippen molar-refractivity contribution < 1.29 is 14.3 Å². The molecule has 0 aromatic rings. The van der Waals surface area contributed by atoms with Gasteiger partial charge in [-0.1, -0.05) is 59.6 Å². The minimum absolute atomic E-state index is 0.0366. The summed E-state index contributed by atoms with van der Waals surface area (Å²) in [5, 5.41) is 16.2. The molecule has 2 aliphatic heterocycles. The lowest BCUT2D eigenvalue weighted by Crippen LogP contribution is -2.72. The summed E-state index contributed by atoms with van der Waals surface area (Å²) in [6.45, 7) is 11.2. The van der Waals surface area contributed by atoms with Crippen LogP contribution < -0.4 is 10.6 Å². The molecular formula is C26H33Br2N3O3. The molecule has 2 N–H and O–H groups in total. The van der Waals surface area contributed by atoms with E-state index in [2.05, 4.69) is 76.3 Å². The van der Waals surface area contributed by atoms with Crippen molar-refractivity contribution in [1.82, 2.24) is 10.6 Å². The number of alkyl halides is 2. The van der Waals surface area contributed by atoms with E-state index in [1.54, 1.807) is 6.92 Å². The minimum atomic E-state index is -1.06. The average molecular weight is 595 g/mol. The maximum absolute atomic E-state index is 12.8. The van der Waals surface area contributed by atoms with Gasteiger partial charge in [0.2, 0.25) is 11.8 Å². The summed E-state index contributed by atoms with van der Waals surface area (Å²) < 4.78 is 6.21. The van der Waals surface area contributed by atoms with Gasteiger partial charge >= 0.3 is 0 Å². The number of nitrogens with zero attached hydrogens (tertiary/aromatic N) is 1. The Morgan fingerprint density at radius 3 is 2.68 bits per heavy atom. The molecule has 3 aliphatic carbocycles. The van der Waals surface area contributed by atoms with Crippen molar-refractivity contribution in [3.05, 3.63) is 23.0 Å². The van der Waals surface area contributed by atoms with Gasteiger partial charge in [0, 0.05) is 47.7 Å². The molecular weight excluding hydrogens is 562 g/mol. The average Bonchev–Trinajstić information content (AvgIpc) is 3.15. The van der Waals surface area contributed by atoms with Gasteiger partial charge in [-0.15, -0.1) is 0 Å². The summed E-state index contributed by atoms with van der Waals surface area (Å²) in [6.07, 6.45) is 5.60. The van der Waals surface area contributed by atoms with E-state index in [4.69, 9.17) is 4.74 Å². The van der Waals surface area contributed by atoms with Crippen LogP contribution in [0.4, 0.5) is 0 Å². The molecule has 0 bridgehead atoms. The third-order valence-corrected chi connectivity index (χ3v) is 12.5. The van der Waals surface area contributed by atoms with Gasteiger partial charge in [-0.2, -0.15) is 5.26 Å². The van der Waals surface area contributed by atoms with Crippen LogP contribution in [0.15, 0.2) is 23.0 Å². The smallest absolute Gasteiger partial charge is 0.230 e. The number of rotatable bonds is 1. The van der Waals surface area contributed by atoms with E-state index in [-0.39, 0.29) is 39.4 Å². The van der Waals surface area contributed by atoms with Crippen LogP contribution in [-0.2, 0) is 14.3 Å². The van der Waals surface area contributed by atoms with Gasteiger partial charge in [0.1, 0.15) is 15.7 Å². The summed E-state index contributed by atoms with van der Waals surface area (Å²) in [5.74, 6) is 0.717. The van der Waals surface area contributed by atoms with Crippen molar-refractivity contribution in [3.63, 3.8) is 0 Å². The lowest BCUT2D eigenvalue weighted by atomic mass is 9.43. The van der Waals surface area contributed by atoms with E-state index in [1.807, 2.05) is 6.08 Å². The topological polar surface area (TPSA) is 91.2 Å².